The molecule has 3 nitrogen and oxygen atoms in total. The summed E-state index contributed by atoms with van der Waals surface area (Å²) in [5, 5.41) is 10.1. The van der Waals surface area contributed by atoms with E-state index in [1.165, 1.54) is 12.0 Å². The van der Waals surface area contributed by atoms with E-state index in [2.05, 4.69) is 25.7 Å². The van der Waals surface area contributed by atoms with Gasteiger partial charge in [0.2, 0.25) is 0 Å². The maximum Gasteiger partial charge on any atom is 0.119 e. The summed E-state index contributed by atoms with van der Waals surface area (Å²) < 4.78 is 5.64. The molecule has 1 aliphatic rings. The highest BCUT2D eigenvalue weighted by atomic mass is 16.5. The van der Waals surface area contributed by atoms with Gasteiger partial charge in [0.25, 0.3) is 0 Å². The number of rotatable bonds is 5. The van der Waals surface area contributed by atoms with E-state index in [1.807, 2.05) is 24.3 Å². The molecule has 3 atom stereocenters. The van der Waals surface area contributed by atoms with Crippen molar-refractivity contribution < 1.29 is 9.84 Å². The van der Waals surface area contributed by atoms with Gasteiger partial charge in [-0.2, -0.15) is 0 Å². The molecule has 0 aliphatic carbocycles. The van der Waals surface area contributed by atoms with Gasteiger partial charge in [0, 0.05) is 19.6 Å². The molecular weight excluding hydrogens is 250 g/mol. The van der Waals surface area contributed by atoms with Gasteiger partial charge in [0.15, 0.2) is 0 Å². The molecule has 0 radical (unpaired) electrons. The van der Waals surface area contributed by atoms with Crippen LogP contribution in [0.3, 0.4) is 0 Å². The Bertz CT molecular complexity index is 394. The van der Waals surface area contributed by atoms with Gasteiger partial charge in [0.1, 0.15) is 18.5 Å². The van der Waals surface area contributed by atoms with Crippen LogP contribution in [0.1, 0.15) is 25.8 Å². The summed E-state index contributed by atoms with van der Waals surface area (Å²) in [7, 11) is 0. The molecule has 0 bridgehead atoms. The highest BCUT2D eigenvalue weighted by Gasteiger charge is 2.23. The molecule has 1 aromatic rings. The molecule has 0 amide bonds. The summed E-state index contributed by atoms with van der Waals surface area (Å²) in [4.78, 5) is 2.36. The summed E-state index contributed by atoms with van der Waals surface area (Å²) in [6.07, 6.45) is 0.876. The van der Waals surface area contributed by atoms with E-state index in [9.17, 15) is 5.11 Å². The van der Waals surface area contributed by atoms with Crippen molar-refractivity contribution in [2.24, 2.45) is 11.8 Å². The minimum Gasteiger partial charge on any atom is -0.491 e. The molecule has 3 heteroatoms. The minimum atomic E-state index is -0.422. The number of aliphatic hydroxyl groups excluding tert-OH is 1. The van der Waals surface area contributed by atoms with Crippen LogP contribution in [-0.4, -0.2) is 42.4 Å². The Morgan fingerprint density at radius 2 is 1.80 bits per heavy atom. The standard InChI is InChI=1S/C17H27NO2/c1-13-4-6-17(7-5-13)20-12-16(19)11-18-9-14(2)8-15(3)10-18/h4-7,14-16,19H,8-12H2,1-3H3/t14-,15-,16+/m0/s1. The number of β-amino-alcohol motifs (C(OH)–C–C–N with tert-alkyl or cyclic N) is 1. The third-order valence-corrected chi connectivity index (χ3v) is 3.88. The maximum atomic E-state index is 10.1. The molecule has 20 heavy (non-hydrogen) atoms. The zero-order valence-corrected chi connectivity index (χ0v) is 12.9. The Morgan fingerprint density at radius 3 is 2.40 bits per heavy atom. The molecule has 0 saturated carbocycles. The predicted octanol–water partition coefficient (Wildman–Crippen LogP) is 2.71. The van der Waals surface area contributed by atoms with Crippen molar-refractivity contribution in [3.63, 3.8) is 0 Å². The van der Waals surface area contributed by atoms with Crippen LogP contribution in [0.25, 0.3) is 0 Å². The van der Waals surface area contributed by atoms with Gasteiger partial charge in [-0.1, -0.05) is 31.5 Å². The molecule has 1 heterocycles. The molecule has 0 aromatic heterocycles. The van der Waals surface area contributed by atoms with E-state index >= 15 is 0 Å². The molecule has 1 aromatic carbocycles. The van der Waals surface area contributed by atoms with Crippen LogP contribution in [0.4, 0.5) is 0 Å². The van der Waals surface area contributed by atoms with E-state index in [4.69, 9.17) is 4.74 Å². The lowest BCUT2D eigenvalue weighted by molar-refractivity contribution is 0.0429. The fourth-order valence-corrected chi connectivity index (χ4v) is 3.12. The van der Waals surface area contributed by atoms with Gasteiger partial charge in [-0.15, -0.1) is 0 Å². The van der Waals surface area contributed by atoms with E-state index in [-0.39, 0.29) is 0 Å². The largest absolute Gasteiger partial charge is 0.491 e. The summed E-state index contributed by atoms with van der Waals surface area (Å²) in [6.45, 7) is 9.88. The smallest absolute Gasteiger partial charge is 0.119 e. The Hall–Kier alpha value is -1.06. The van der Waals surface area contributed by atoms with Gasteiger partial charge >= 0.3 is 0 Å². The topological polar surface area (TPSA) is 32.7 Å². The fourth-order valence-electron chi connectivity index (χ4n) is 3.12. The van der Waals surface area contributed by atoms with Crippen molar-refractivity contribution in [1.29, 1.82) is 0 Å². The number of benzene rings is 1. The molecule has 112 valence electrons. The Labute approximate surface area is 122 Å². The Balaban J connectivity index is 1.74. The van der Waals surface area contributed by atoms with Crippen LogP contribution in [-0.2, 0) is 0 Å². The molecule has 0 spiro atoms. The second-order valence-electron chi connectivity index (χ2n) is 6.44. The quantitative estimate of drug-likeness (QED) is 0.898. The van der Waals surface area contributed by atoms with Gasteiger partial charge in [-0.3, -0.25) is 0 Å². The highest BCUT2D eigenvalue weighted by molar-refractivity contribution is 5.26. The number of nitrogens with zero attached hydrogens (tertiary/aromatic N) is 1. The maximum absolute atomic E-state index is 10.1. The third kappa shape index (κ3) is 4.80. The monoisotopic (exact) mass is 277 g/mol. The van der Waals surface area contributed by atoms with Crippen LogP contribution in [0.15, 0.2) is 24.3 Å². The van der Waals surface area contributed by atoms with Crippen molar-refractivity contribution >= 4 is 0 Å². The molecule has 2 rings (SSSR count). The normalized spacial score (nSPS) is 25.4. The first-order chi connectivity index (χ1) is 9.52. The van der Waals surface area contributed by atoms with Gasteiger partial charge in [0.05, 0.1) is 0 Å². The van der Waals surface area contributed by atoms with E-state index < -0.39 is 6.10 Å². The van der Waals surface area contributed by atoms with Crippen molar-refractivity contribution in [2.45, 2.75) is 33.3 Å². The summed E-state index contributed by atoms with van der Waals surface area (Å²) in [5.41, 5.74) is 1.22. The van der Waals surface area contributed by atoms with Crippen LogP contribution in [0.5, 0.6) is 5.75 Å². The Kier molecular flexibility index (Phi) is 5.44. The lowest BCUT2D eigenvalue weighted by Crippen LogP contribution is -2.43. The summed E-state index contributed by atoms with van der Waals surface area (Å²) >= 11 is 0. The number of aliphatic hydroxyl groups is 1. The second kappa shape index (κ2) is 7.09. The molecule has 0 unspecified atom stereocenters. The van der Waals surface area contributed by atoms with Gasteiger partial charge < -0.3 is 14.7 Å². The molecule has 1 fully saturated rings. The fraction of sp³-hybridized carbons (Fsp3) is 0.647. The SMILES string of the molecule is Cc1ccc(OC[C@H](O)CN2C[C@@H](C)C[C@H](C)C2)cc1. The van der Waals surface area contributed by atoms with Crippen LogP contribution in [0, 0.1) is 18.8 Å². The molecular formula is C17H27NO2. The first-order valence-corrected chi connectivity index (χ1v) is 7.63. The minimum absolute atomic E-state index is 0.363. The van der Waals surface area contributed by atoms with E-state index in [1.54, 1.807) is 0 Å². The number of likely N-dealkylation sites (tertiary alicyclic amines) is 1. The predicted molar refractivity (Wildman–Crippen MR) is 82.1 cm³/mol. The lowest BCUT2D eigenvalue weighted by Gasteiger charge is -2.35. The zero-order valence-electron chi connectivity index (χ0n) is 12.9. The van der Waals surface area contributed by atoms with Gasteiger partial charge in [-0.05, 0) is 37.3 Å². The van der Waals surface area contributed by atoms with Crippen LogP contribution >= 0.6 is 0 Å². The molecule has 1 saturated heterocycles. The van der Waals surface area contributed by atoms with Gasteiger partial charge in [-0.25, -0.2) is 0 Å². The highest BCUT2D eigenvalue weighted by Crippen LogP contribution is 2.21. The lowest BCUT2D eigenvalue weighted by atomic mass is 9.92. The van der Waals surface area contributed by atoms with Crippen molar-refractivity contribution in [1.82, 2.24) is 4.90 Å². The number of ether oxygens (including phenoxy) is 1. The van der Waals surface area contributed by atoms with Crippen molar-refractivity contribution in [2.75, 3.05) is 26.2 Å². The first-order valence-electron chi connectivity index (χ1n) is 7.63. The van der Waals surface area contributed by atoms with E-state index in [0.29, 0.717) is 13.2 Å². The zero-order chi connectivity index (χ0) is 14.5. The number of aryl methyl sites for hydroxylation is 1. The Morgan fingerprint density at radius 1 is 1.20 bits per heavy atom. The number of hydrogen-bond acceptors (Lipinski definition) is 3. The van der Waals surface area contributed by atoms with Crippen molar-refractivity contribution in [3.05, 3.63) is 29.8 Å². The average molecular weight is 277 g/mol. The summed E-state index contributed by atoms with van der Waals surface area (Å²) in [6, 6.07) is 7.95. The van der Waals surface area contributed by atoms with Crippen molar-refractivity contribution in [3.8, 4) is 5.75 Å². The third-order valence-electron chi connectivity index (χ3n) is 3.88. The summed E-state index contributed by atoms with van der Waals surface area (Å²) in [5.74, 6) is 2.28. The first kappa shape index (κ1) is 15.3. The van der Waals surface area contributed by atoms with Crippen LogP contribution in [0.2, 0.25) is 0 Å². The molecule has 1 aliphatic heterocycles. The second-order valence-corrected chi connectivity index (χ2v) is 6.44. The van der Waals surface area contributed by atoms with Crippen LogP contribution < -0.4 is 4.74 Å². The number of piperidine rings is 1. The average Bonchev–Trinajstić information content (AvgIpc) is 2.37. The number of hydrogen-bond donors (Lipinski definition) is 1. The molecule has 1 N–H and O–H groups in total. The van der Waals surface area contributed by atoms with E-state index in [0.717, 1.165) is 30.7 Å².